The van der Waals surface area contributed by atoms with Crippen molar-refractivity contribution in [3.63, 3.8) is 0 Å². The highest BCUT2D eigenvalue weighted by molar-refractivity contribution is 14.1. The number of carbonyl (C=O) groups is 6. The summed E-state index contributed by atoms with van der Waals surface area (Å²) >= 11 is 2.18. The molecule has 5 aliphatic heterocycles. The number of benzene rings is 5. The van der Waals surface area contributed by atoms with Crippen LogP contribution >= 0.6 is 22.6 Å². The van der Waals surface area contributed by atoms with Gasteiger partial charge in [-0.25, -0.2) is 0 Å². The molecule has 3 amide bonds. The lowest BCUT2D eigenvalue weighted by molar-refractivity contribution is -0.180. The third kappa shape index (κ3) is 8.48. The van der Waals surface area contributed by atoms with Gasteiger partial charge in [-0.15, -0.1) is 0 Å². The van der Waals surface area contributed by atoms with Gasteiger partial charge < -0.3 is 44.3 Å². The molecule has 71 heavy (non-hydrogen) atoms. The first-order valence-corrected chi connectivity index (χ1v) is 24.4. The second-order valence-corrected chi connectivity index (χ2v) is 19.1. The van der Waals surface area contributed by atoms with Crippen molar-refractivity contribution in [1.29, 1.82) is 0 Å². The average Bonchev–Trinajstić information content (AvgIpc) is 4.05. The van der Waals surface area contributed by atoms with Crippen LogP contribution in [-0.2, 0) is 48.4 Å². The third-order valence-corrected chi connectivity index (χ3v) is 14.7. The fourth-order valence-corrected chi connectivity index (χ4v) is 11.8. The van der Waals surface area contributed by atoms with Crippen molar-refractivity contribution < 1.29 is 57.6 Å². The minimum atomic E-state index is -1.71. The van der Waals surface area contributed by atoms with E-state index in [1.54, 1.807) is 54.6 Å². The molecule has 364 valence electrons. The van der Waals surface area contributed by atoms with Gasteiger partial charge >= 0.3 is 17.9 Å². The summed E-state index contributed by atoms with van der Waals surface area (Å²) in [6.45, 7) is 3.01. The number of aliphatic hydroxyl groups is 1. The van der Waals surface area contributed by atoms with Crippen LogP contribution in [0.25, 0.3) is 0 Å². The van der Waals surface area contributed by atoms with Crippen molar-refractivity contribution in [2.75, 3.05) is 44.9 Å². The minimum Gasteiger partial charge on any atom is -0.491 e. The summed E-state index contributed by atoms with van der Waals surface area (Å²) in [6, 6.07) is 33.8. The first kappa shape index (κ1) is 47.6. The van der Waals surface area contributed by atoms with Crippen molar-refractivity contribution in [2.24, 2.45) is 11.8 Å². The molecule has 0 aliphatic carbocycles. The van der Waals surface area contributed by atoms with Crippen LogP contribution in [0.4, 0.5) is 5.69 Å². The topological polar surface area (TPSA) is 199 Å². The highest BCUT2D eigenvalue weighted by atomic mass is 127. The normalized spacial score (nSPS) is 26.4. The molecule has 17 heteroatoms. The van der Waals surface area contributed by atoms with Gasteiger partial charge in [-0.1, -0.05) is 97.6 Å². The largest absolute Gasteiger partial charge is 0.491 e. The summed E-state index contributed by atoms with van der Waals surface area (Å²) in [6.07, 6.45) is 0.645. The summed E-state index contributed by atoms with van der Waals surface area (Å²) in [7, 11) is 0. The Morgan fingerprint density at radius 2 is 1.48 bits per heavy atom. The number of anilines is 1. The smallest absolute Gasteiger partial charge is 0.325 e. The first-order chi connectivity index (χ1) is 34.5. The highest BCUT2D eigenvalue weighted by Gasteiger charge is 2.74. The molecule has 5 aromatic rings. The lowest BCUT2D eigenvalue weighted by Gasteiger charge is -2.46. The number of aliphatic hydroxyl groups excluding tert-OH is 1. The van der Waals surface area contributed by atoms with Gasteiger partial charge in [0.15, 0.2) is 0 Å². The van der Waals surface area contributed by atoms with E-state index >= 15 is 4.79 Å². The standard InChI is InChI=1S/C54H49IN4O12/c1-2-23-69-51(64)43-46-52(65)71-47(32-12-7-4-8-13-32)45(31-10-5-3-6-11-31)59(46)48(54(43)39-28-35(55)18-21-40(39)57-53(54)66)33-16-19-36(20-17-33)68-25-26-70-50(63)38-29-41-49(62)56-30-42(61)58(41)44(38)34-14-9-15-37(27-34)67-24-22-60/h2-21,27-28,38,41,43-48,60H,1,22-26,29-30H2,(H,56,62)(H,57,66)/t38-,41-,43-,44-,45-,46-,47+,48+,54-/m0/s1. The van der Waals surface area contributed by atoms with Crippen molar-refractivity contribution in [1.82, 2.24) is 15.1 Å². The van der Waals surface area contributed by atoms with E-state index in [1.807, 2.05) is 77.7 Å². The number of piperazine rings is 1. The zero-order valence-corrected chi connectivity index (χ0v) is 40.3. The number of hydrogen-bond acceptors (Lipinski definition) is 13. The summed E-state index contributed by atoms with van der Waals surface area (Å²) in [5, 5.41) is 15.0. The predicted molar refractivity (Wildman–Crippen MR) is 263 cm³/mol. The highest BCUT2D eigenvalue weighted by Crippen LogP contribution is 2.65. The van der Waals surface area contributed by atoms with Crippen LogP contribution < -0.4 is 20.1 Å². The maximum absolute atomic E-state index is 15.2. The lowest BCUT2D eigenvalue weighted by Crippen LogP contribution is -2.56. The summed E-state index contributed by atoms with van der Waals surface area (Å²) in [5.74, 6) is -4.61. The molecule has 5 heterocycles. The Morgan fingerprint density at radius 1 is 0.761 bits per heavy atom. The Kier molecular flexibility index (Phi) is 13.4. The fourth-order valence-electron chi connectivity index (χ4n) is 11.3. The molecule has 9 atom stereocenters. The number of esters is 3. The Balaban J connectivity index is 0.968. The maximum atomic E-state index is 15.2. The quantitative estimate of drug-likeness (QED) is 0.0381. The van der Waals surface area contributed by atoms with Gasteiger partial charge in [0, 0.05) is 9.26 Å². The molecule has 16 nitrogen and oxygen atoms in total. The molecule has 0 unspecified atom stereocenters. The van der Waals surface area contributed by atoms with Gasteiger partial charge in [0.25, 0.3) is 0 Å². The monoisotopic (exact) mass is 1070 g/mol. The van der Waals surface area contributed by atoms with E-state index in [2.05, 4.69) is 39.8 Å². The number of carbonyl (C=O) groups excluding carboxylic acids is 6. The number of cyclic esters (lactones) is 1. The second-order valence-electron chi connectivity index (χ2n) is 17.9. The van der Waals surface area contributed by atoms with E-state index in [1.165, 1.54) is 11.0 Å². The van der Waals surface area contributed by atoms with Gasteiger partial charge in [0.2, 0.25) is 17.7 Å². The Morgan fingerprint density at radius 3 is 2.21 bits per heavy atom. The van der Waals surface area contributed by atoms with Crippen LogP contribution in [0.3, 0.4) is 0 Å². The van der Waals surface area contributed by atoms with Gasteiger partial charge in [-0.3, -0.25) is 33.7 Å². The van der Waals surface area contributed by atoms with Crippen LogP contribution in [0, 0.1) is 15.4 Å². The van der Waals surface area contributed by atoms with Crippen LogP contribution in [0.15, 0.2) is 140 Å². The molecular formula is C54H49IN4O12. The van der Waals surface area contributed by atoms with Gasteiger partial charge in [0.1, 0.15) is 67.4 Å². The molecule has 0 aromatic heterocycles. The summed E-state index contributed by atoms with van der Waals surface area (Å²) in [5.41, 5.74) is 2.05. The SMILES string of the molecule is C=CCOC(=O)[C@@H]1[C@H]2C(=O)O[C@H](c3ccccc3)[C@H](c3ccccc3)N2[C@H](c2ccc(OCCOC(=O)[C@H]3C[C@H]4C(=O)NCC(=O)N4[C@H]3c3cccc(OCCO)c3)cc2)[C@@]12C(=O)Nc1ccc(I)cc12. The lowest BCUT2D eigenvalue weighted by atomic mass is 9.65. The van der Waals surface area contributed by atoms with Crippen molar-refractivity contribution in [2.45, 2.75) is 48.1 Å². The Labute approximate surface area is 422 Å². The van der Waals surface area contributed by atoms with E-state index in [-0.39, 0.29) is 57.8 Å². The molecule has 5 aromatic carbocycles. The van der Waals surface area contributed by atoms with Crippen LogP contribution in [0.5, 0.6) is 11.5 Å². The number of nitrogens with zero attached hydrogens (tertiary/aromatic N) is 2. The molecule has 0 saturated carbocycles. The van der Waals surface area contributed by atoms with E-state index < -0.39 is 77.4 Å². The third-order valence-electron chi connectivity index (χ3n) is 14.0. The summed E-state index contributed by atoms with van der Waals surface area (Å²) < 4.78 is 30.6. The molecule has 4 saturated heterocycles. The number of fused-ring (bicyclic) bond motifs is 4. The fraction of sp³-hybridized carbons (Fsp3) is 0.296. The summed E-state index contributed by atoms with van der Waals surface area (Å²) in [4.78, 5) is 88.4. The minimum absolute atomic E-state index is 0.0507. The number of nitrogens with one attached hydrogen (secondary N) is 2. The Hall–Kier alpha value is -7.09. The number of halogens is 1. The van der Waals surface area contributed by atoms with Crippen LogP contribution in [0.1, 0.15) is 58.5 Å². The van der Waals surface area contributed by atoms with Crippen LogP contribution in [-0.4, -0.2) is 102 Å². The molecule has 0 bridgehead atoms. The second kappa shape index (κ2) is 20.0. The zero-order chi connectivity index (χ0) is 49.4. The van der Waals surface area contributed by atoms with Crippen molar-refractivity contribution in [3.8, 4) is 11.5 Å². The molecule has 0 radical (unpaired) electrons. The van der Waals surface area contributed by atoms with Gasteiger partial charge in [-0.05, 0) is 99.3 Å². The van der Waals surface area contributed by atoms with Crippen molar-refractivity contribution >= 4 is 63.9 Å². The number of amides is 3. The first-order valence-electron chi connectivity index (χ1n) is 23.3. The number of hydrogen-bond donors (Lipinski definition) is 3. The maximum Gasteiger partial charge on any atom is 0.325 e. The molecule has 10 rings (SSSR count). The number of rotatable bonds is 15. The van der Waals surface area contributed by atoms with Gasteiger partial charge in [-0.2, -0.15) is 0 Å². The van der Waals surface area contributed by atoms with Gasteiger partial charge in [0.05, 0.1) is 37.2 Å². The average molecular weight is 1070 g/mol. The van der Waals surface area contributed by atoms with E-state index in [9.17, 15) is 29.1 Å². The molecular weight excluding hydrogens is 1020 g/mol. The molecule has 3 N–H and O–H groups in total. The Bertz CT molecular complexity index is 2890. The van der Waals surface area contributed by atoms with Crippen LogP contribution in [0.2, 0.25) is 0 Å². The number of ether oxygens (including phenoxy) is 5. The molecule has 1 spiro atoms. The molecule has 4 fully saturated rings. The van der Waals surface area contributed by atoms with E-state index in [4.69, 9.17) is 23.7 Å². The predicted octanol–water partition coefficient (Wildman–Crippen LogP) is 5.67. The number of morpholine rings is 1. The van der Waals surface area contributed by atoms with E-state index in [0.717, 1.165) is 14.7 Å². The van der Waals surface area contributed by atoms with E-state index in [0.29, 0.717) is 33.9 Å². The molecule has 5 aliphatic rings. The zero-order valence-electron chi connectivity index (χ0n) is 38.2. The van der Waals surface area contributed by atoms with Crippen molar-refractivity contribution in [3.05, 3.63) is 171 Å².